The van der Waals surface area contributed by atoms with Crippen molar-refractivity contribution >= 4 is 11.8 Å². The Morgan fingerprint density at radius 1 is 1.07 bits per heavy atom. The molecule has 1 atom stereocenters. The highest BCUT2D eigenvalue weighted by Gasteiger charge is 2.35. The molecule has 1 aromatic rings. The average Bonchev–Trinajstić information content (AvgIpc) is 3.47. The number of amides is 2. The number of benzene rings is 1. The van der Waals surface area contributed by atoms with E-state index in [-0.39, 0.29) is 18.1 Å². The number of ether oxygens (including phenoxy) is 1. The van der Waals surface area contributed by atoms with Gasteiger partial charge in [-0.2, -0.15) is 0 Å². The summed E-state index contributed by atoms with van der Waals surface area (Å²) >= 11 is 0. The third-order valence-corrected chi connectivity index (χ3v) is 5.99. The van der Waals surface area contributed by atoms with Crippen LogP contribution in [0, 0.1) is 5.92 Å². The maximum absolute atomic E-state index is 12.8. The van der Waals surface area contributed by atoms with Crippen molar-refractivity contribution in [1.29, 1.82) is 0 Å². The molecular formula is C23H30N2O3. The quantitative estimate of drug-likeness (QED) is 0.706. The molecule has 0 bridgehead atoms. The number of hydrogen-bond donors (Lipinski definition) is 0. The lowest BCUT2D eigenvalue weighted by Gasteiger charge is -2.32. The van der Waals surface area contributed by atoms with E-state index in [0.29, 0.717) is 23.9 Å². The molecule has 150 valence electrons. The summed E-state index contributed by atoms with van der Waals surface area (Å²) in [5, 5.41) is 0. The van der Waals surface area contributed by atoms with Crippen molar-refractivity contribution in [3.05, 3.63) is 42.0 Å². The SMILES string of the molecule is CCCC1C=CCN1C(=O)c1ccc(OC2CCN(C(=O)C3CC3)CC2)cc1. The van der Waals surface area contributed by atoms with Crippen molar-refractivity contribution in [3.8, 4) is 5.75 Å². The molecule has 1 saturated carbocycles. The second-order valence-corrected chi connectivity index (χ2v) is 8.18. The lowest BCUT2D eigenvalue weighted by atomic mass is 10.1. The molecule has 0 spiro atoms. The monoisotopic (exact) mass is 382 g/mol. The number of carbonyl (C=O) groups excluding carboxylic acids is 2. The molecule has 3 aliphatic rings. The second-order valence-electron chi connectivity index (χ2n) is 8.18. The normalized spacial score (nSPS) is 22.5. The number of hydrogen-bond acceptors (Lipinski definition) is 3. The van der Waals surface area contributed by atoms with Crippen molar-refractivity contribution in [1.82, 2.24) is 9.80 Å². The predicted molar refractivity (Wildman–Crippen MR) is 108 cm³/mol. The Bertz CT molecular complexity index is 731. The summed E-state index contributed by atoms with van der Waals surface area (Å²) in [7, 11) is 0. The Labute approximate surface area is 167 Å². The van der Waals surface area contributed by atoms with Gasteiger partial charge in [0, 0.05) is 44.0 Å². The Morgan fingerprint density at radius 3 is 2.43 bits per heavy atom. The van der Waals surface area contributed by atoms with Gasteiger partial charge in [-0.1, -0.05) is 25.5 Å². The van der Waals surface area contributed by atoms with Crippen LogP contribution < -0.4 is 4.74 Å². The number of nitrogens with zero attached hydrogens (tertiary/aromatic N) is 2. The third-order valence-electron chi connectivity index (χ3n) is 5.99. The van der Waals surface area contributed by atoms with Crippen molar-refractivity contribution in [2.75, 3.05) is 19.6 Å². The summed E-state index contributed by atoms with van der Waals surface area (Å²) in [6.07, 6.45) is 10.3. The largest absolute Gasteiger partial charge is 0.490 e. The molecule has 1 aromatic carbocycles. The summed E-state index contributed by atoms with van der Waals surface area (Å²) in [6.45, 7) is 4.42. The van der Waals surface area contributed by atoms with Gasteiger partial charge in [-0.25, -0.2) is 0 Å². The van der Waals surface area contributed by atoms with Gasteiger partial charge in [0.05, 0.1) is 6.04 Å². The molecule has 28 heavy (non-hydrogen) atoms. The fraction of sp³-hybridized carbons (Fsp3) is 0.565. The minimum absolute atomic E-state index is 0.0851. The molecule has 5 heteroatoms. The Hall–Kier alpha value is -2.30. The zero-order valence-electron chi connectivity index (χ0n) is 16.7. The van der Waals surface area contributed by atoms with E-state index in [0.717, 1.165) is 57.4 Å². The van der Waals surface area contributed by atoms with E-state index in [2.05, 4.69) is 19.1 Å². The molecule has 2 fully saturated rings. The second kappa shape index (κ2) is 8.38. The van der Waals surface area contributed by atoms with Gasteiger partial charge in [0.15, 0.2) is 0 Å². The first kappa shape index (κ1) is 19.0. The van der Waals surface area contributed by atoms with Crippen LogP contribution in [0.3, 0.4) is 0 Å². The van der Waals surface area contributed by atoms with Gasteiger partial charge in [-0.3, -0.25) is 9.59 Å². The van der Waals surface area contributed by atoms with Gasteiger partial charge >= 0.3 is 0 Å². The highest BCUT2D eigenvalue weighted by molar-refractivity contribution is 5.95. The average molecular weight is 383 g/mol. The van der Waals surface area contributed by atoms with Crippen molar-refractivity contribution < 1.29 is 14.3 Å². The zero-order valence-corrected chi connectivity index (χ0v) is 16.7. The van der Waals surface area contributed by atoms with Crippen LogP contribution in [0.25, 0.3) is 0 Å². The maximum atomic E-state index is 12.8. The van der Waals surface area contributed by atoms with E-state index in [1.54, 1.807) is 0 Å². The van der Waals surface area contributed by atoms with E-state index < -0.39 is 0 Å². The Kier molecular flexibility index (Phi) is 5.69. The topological polar surface area (TPSA) is 49.9 Å². The van der Waals surface area contributed by atoms with Crippen LogP contribution in [0.4, 0.5) is 0 Å². The molecule has 5 nitrogen and oxygen atoms in total. The van der Waals surface area contributed by atoms with Gasteiger partial charge < -0.3 is 14.5 Å². The summed E-state index contributed by atoms with van der Waals surface area (Å²) in [6, 6.07) is 7.74. The number of rotatable bonds is 6. The van der Waals surface area contributed by atoms with Crippen LogP contribution in [0.5, 0.6) is 5.75 Å². The van der Waals surface area contributed by atoms with Gasteiger partial charge in [0.2, 0.25) is 5.91 Å². The van der Waals surface area contributed by atoms with Gasteiger partial charge in [-0.05, 0) is 43.5 Å². The fourth-order valence-corrected chi connectivity index (χ4v) is 4.17. The standard InChI is InChI=1S/C23H30N2O3/c1-2-4-19-5-3-14-25(19)23(27)18-8-10-20(11-9-18)28-21-12-15-24(16-13-21)22(26)17-6-7-17/h3,5,8-11,17,19,21H,2,4,6-7,12-16H2,1H3. The molecule has 0 aromatic heterocycles. The molecule has 0 radical (unpaired) electrons. The highest BCUT2D eigenvalue weighted by Crippen LogP contribution is 2.32. The van der Waals surface area contributed by atoms with Crippen molar-refractivity contribution in [3.63, 3.8) is 0 Å². The van der Waals surface area contributed by atoms with E-state index in [9.17, 15) is 9.59 Å². The Morgan fingerprint density at radius 2 is 1.79 bits per heavy atom. The smallest absolute Gasteiger partial charge is 0.254 e. The van der Waals surface area contributed by atoms with Crippen LogP contribution >= 0.6 is 0 Å². The summed E-state index contributed by atoms with van der Waals surface area (Å²) < 4.78 is 6.10. The summed E-state index contributed by atoms with van der Waals surface area (Å²) in [5.74, 6) is 1.51. The molecule has 1 aliphatic carbocycles. The van der Waals surface area contributed by atoms with Crippen LogP contribution in [0.15, 0.2) is 36.4 Å². The van der Waals surface area contributed by atoms with Gasteiger partial charge in [0.25, 0.3) is 5.91 Å². The highest BCUT2D eigenvalue weighted by atomic mass is 16.5. The van der Waals surface area contributed by atoms with Crippen LogP contribution in [-0.4, -0.2) is 53.4 Å². The van der Waals surface area contributed by atoms with Gasteiger partial charge in [0.1, 0.15) is 11.9 Å². The molecule has 2 heterocycles. The first-order chi connectivity index (χ1) is 13.7. The minimum atomic E-state index is 0.0851. The molecule has 4 rings (SSSR count). The fourth-order valence-electron chi connectivity index (χ4n) is 4.17. The lowest BCUT2D eigenvalue weighted by Crippen LogP contribution is -2.42. The van der Waals surface area contributed by atoms with E-state index >= 15 is 0 Å². The van der Waals surface area contributed by atoms with E-state index in [4.69, 9.17) is 4.74 Å². The summed E-state index contributed by atoms with van der Waals surface area (Å²) in [5.41, 5.74) is 0.710. The molecule has 2 aliphatic heterocycles. The molecule has 1 saturated heterocycles. The molecular weight excluding hydrogens is 352 g/mol. The van der Waals surface area contributed by atoms with Crippen molar-refractivity contribution in [2.45, 2.75) is 57.6 Å². The first-order valence-electron chi connectivity index (χ1n) is 10.7. The zero-order chi connectivity index (χ0) is 19.5. The lowest BCUT2D eigenvalue weighted by molar-refractivity contribution is -0.134. The maximum Gasteiger partial charge on any atom is 0.254 e. The van der Waals surface area contributed by atoms with Crippen LogP contribution in [0.2, 0.25) is 0 Å². The van der Waals surface area contributed by atoms with E-state index in [1.165, 1.54) is 0 Å². The number of carbonyl (C=O) groups is 2. The number of piperidine rings is 1. The molecule has 0 N–H and O–H groups in total. The van der Waals surface area contributed by atoms with Crippen molar-refractivity contribution in [2.24, 2.45) is 5.92 Å². The summed E-state index contributed by atoms with van der Waals surface area (Å²) in [4.78, 5) is 28.9. The van der Waals surface area contributed by atoms with E-state index in [1.807, 2.05) is 34.1 Å². The van der Waals surface area contributed by atoms with Crippen LogP contribution in [0.1, 0.15) is 55.8 Å². The first-order valence-corrected chi connectivity index (χ1v) is 10.7. The van der Waals surface area contributed by atoms with Gasteiger partial charge in [-0.15, -0.1) is 0 Å². The Balaban J connectivity index is 1.29. The molecule has 1 unspecified atom stereocenters. The third kappa shape index (κ3) is 4.23. The number of likely N-dealkylation sites (tertiary alicyclic amines) is 1. The minimum Gasteiger partial charge on any atom is -0.490 e. The van der Waals surface area contributed by atoms with Crippen LogP contribution in [-0.2, 0) is 4.79 Å². The predicted octanol–water partition coefficient (Wildman–Crippen LogP) is 3.65. The molecule has 2 amide bonds.